The van der Waals surface area contributed by atoms with Gasteiger partial charge in [-0.15, -0.1) is 0 Å². The van der Waals surface area contributed by atoms with Gasteiger partial charge in [-0.3, -0.25) is 4.79 Å². The predicted molar refractivity (Wildman–Crippen MR) is 110 cm³/mol. The highest BCUT2D eigenvalue weighted by atomic mass is 35.5. The van der Waals surface area contributed by atoms with E-state index in [-0.39, 0.29) is 10.6 Å². The van der Waals surface area contributed by atoms with Crippen molar-refractivity contribution >= 4 is 17.3 Å². The van der Waals surface area contributed by atoms with E-state index >= 15 is 0 Å². The monoisotopic (exact) mass is 389 g/mol. The second-order valence-electron chi connectivity index (χ2n) is 7.09. The van der Waals surface area contributed by atoms with Crippen LogP contribution < -0.4 is 10.9 Å². The van der Waals surface area contributed by atoms with Crippen molar-refractivity contribution in [3.05, 3.63) is 51.4 Å². The molecule has 0 amide bonds. The van der Waals surface area contributed by atoms with Crippen LogP contribution in [0.3, 0.4) is 0 Å². The molecule has 0 atom stereocenters. The van der Waals surface area contributed by atoms with E-state index in [4.69, 9.17) is 16.3 Å². The first-order chi connectivity index (χ1) is 13.2. The molecule has 146 valence electrons. The lowest BCUT2D eigenvalue weighted by Crippen LogP contribution is -2.22. The van der Waals surface area contributed by atoms with Gasteiger partial charge in [-0.1, -0.05) is 36.6 Å². The lowest BCUT2D eigenvalue weighted by atomic mass is 9.98. The summed E-state index contributed by atoms with van der Waals surface area (Å²) in [6, 6.07) is 8.08. The third-order valence-electron chi connectivity index (χ3n) is 5.23. The van der Waals surface area contributed by atoms with Crippen molar-refractivity contribution in [1.29, 1.82) is 0 Å². The number of ether oxygens (including phenoxy) is 1. The van der Waals surface area contributed by atoms with Gasteiger partial charge in [0.25, 0.3) is 5.56 Å². The number of benzene rings is 1. The van der Waals surface area contributed by atoms with Crippen molar-refractivity contribution < 1.29 is 4.74 Å². The van der Waals surface area contributed by atoms with E-state index in [2.05, 4.69) is 22.5 Å². The first-order valence-corrected chi connectivity index (χ1v) is 10.2. The fraction of sp³-hybridized carbons (Fsp3) is 0.524. The number of hydrogen-bond donors (Lipinski definition) is 1. The first kappa shape index (κ1) is 19.9. The summed E-state index contributed by atoms with van der Waals surface area (Å²) >= 11 is 6.05. The van der Waals surface area contributed by atoms with Crippen molar-refractivity contribution in [1.82, 2.24) is 9.78 Å². The zero-order valence-corrected chi connectivity index (χ0v) is 16.7. The molecule has 0 radical (unpaired) electrons. The summed E-state index contributed by atoms with van der Waals surface area (Å²) < 4.78 is 6.40. The summed E-state index contributed by atoms with van der Waals surface area (Å²) in [4.78, 5) is 12.2. The Kier molecular flexibility index (Phi) is 7.30. The summed E-state index contributed by atoms with van der Waals surface area (Å²) in [5, 5.41) is 7.18. The van der Waals surface area contributed by atoms with Crippen molar-refractivity contribution in [2.75, 3.05) is 25.6 Å². The Balaban J connectivity index is 0.000000299. The SMILES string of the molecule is C1CCOCC1.CNc1cnn(-c2ccc(C3CCCC3)cc2)c(=O)c1Cl. The lowest BCUT2D eigenvalue weighted by molar-refractivity contribution is 0.0968. The number of nitrogens with one attached hydrogen (secondary N) is 1. The minimum absolute atomic E-state index is 0.160. The molecule has 1 aromatic carbocycles. The van der Waals surface area contributed by atoms with Gasteiger partial charge in [0.1, 0.15) is 5.02 Å². The Morgan fingerprint density at radius 3 is 2.26 bits per heavy atom. The summed E-state index contributed by atoms with van der Waals surface area (Å²) in [6.45, 7) is 2.00. The van der Waals surface area contributed by atoms with Gasteiger partial charge in [0.15, 0.2) is 0 Å². The van der Waals surface area contributed by atoms with Crippen molar-refractivity contribution in [2.24, 2.45) is 0 Å². The van der Waals surface area contributed by atoms with E-state index < -0.39 is 0 Å². The van der Waals surface area contributed by atoms with E-state index in [1.54, 1.807) is 13.2 Å². The van der Waals surface area contributed by atoms with Gasteiger partial charge in [-0.05, 0) is 55.7 Å². The molecule has 0 spiro atoms. The molecule has 1 N–H and O–H groups in total. The van der Waals surface area contributed by atoms with Gasteiger partial charge in [0.05, 0.1) is 17.6 Å². The Morgan fingerprint density at radius 1 is 1.07 bits per heavy atom. The summed E-state index contributed by atoms with van der Waals surface area (Å²) in [5.74, 6) is 0.666. The minimum atomic E-state index is -0.308. The van der Waals surface area contributed by atoms with Crippen LogP contribution in [0.4, 0.5) is 5.69 Å². The quantitative estimate of drug-likeness (QED) is 0.821. The molecule has 2 aliphatic rings. The molecular formula is C21H28ClN3O2. The zero-order valence-electron chi connectivity index (χ0n) is 15.9. The maximum Gasteiger partial charge on any atom is 0.292 e. The van der Waals surface area contributed by atoms with E-state index in [0.717, 1.165) is 18.9 Å². The topological polar surface area (TPSA) is 56.1 Å². The fourth-order valence-electron chi connectivity index (χ4n) is 3.62. The predicted octanol–water partition coefficient (Wildman–Crippen LogP) is 4.77. The normalized spacial score (nSPS) is 17.3. The fourth-order valence-corrected chi connectivity index (χ4v) is 3.85. The Labute approximate surface area is 165 Å². The number of hydrogen-bond acceptors (Lipinski definition) is 4. The number of rotatable bonds is 3. The zero-order chi connectivity index (χ0) is 19.1. The second kappa shape index (κ2) is 9.90. The molecule has 2 aromatic rings. The average Bonchev–Trinajstić information content (AvgIpc) is 3.27. The van der Waals surface area contributed by atoms with Crippen molar-refractivity contribution in [3.63, 3.8) is 0 Å². The van der Waals surface area contributed by atoms with Crippen LogP contribution in [0.15, 0.2) is 35.3 Å². The Bertz CT molecular complexity index is 767. The number of nitrogens with zero attached hydrogens (tertiary/aromatic N) is 2. The van der Waals surface area contributed by atoms with Crippen LogP contribution in [-0.4, -0.2) is 30.0 Å². The lowest BCUT2D eigenvalue weighted by Gasteiger charge is -2.11. The van der Waals surface area contributed by atoms with E-state index in [9.17, 15) is 4.79 Å². The summed E-state index contributed by atoms with van der Waals surface area (Å²) in [7, 11) is 1.71. The van der Waals surface area contributed by atoms with Crippen LogP contribution in [0.5, 0.6) is 0 Å². The number of aromatic nitrogens is 2. The molecule has 2 fully saturated rings. The van der Waals surface area contributed by atoms with Crippen LogP contribution in [0, 0.1) is 0 Å². The molecule has 1 saturated heterocycles. The van der Waals surface area contributed by atoms with Gasteiger partial charge in [-0.25, -0.2) is 0 Å². The summed E-state index contributed by atoms with van der Waals surface area (Å²) in [6.07, 6.45) is 10.7. The van der Waals surface area contributed by atoms with Gasteiger partial charge >= 0.3 is 0 Å². The van der Waals surface area contributed by atoms with Crippen LogP contribution in [0.2, 0.25) is 5.02 Å². The van der Waals surface area contributed by atoms with Crippen LogP contribution in [-0.2, 0) is 4.74 Å². The standard InChI is InChI=1S/C16H18ClN3O.C5H10O/c1-18-14-10-19-20(16(21)15(14)17)13-8-6-12(7-9-13)11-4-2-3-5-11;1-2-4-6-5-3-1/h6-11,18H,2-5H2,1H3;1-5H2. The molecule has 6 heteroatoms. The molecule has 1 saturated carbocycles. The smallest absolute Gasteiger partial charge is 0.292 e. The summed E-state index contributed by atoms with van der Waals surface area (Å²) in [5.41, 5.74) is 2.33. The van der Waals surface area contributed by atoms with Crippen molar-refractivity contribution in [3.8, 4) is 5.69 Å². The van der Waals surface area contributed by atoms with Gasteiger partial charge < -0.3 is 10.1 Å². The van der Waals surface area contributed by atoms with Gasteiger partial charge in [0, 0.05) is 20.3 Å². The Morgan fingerprint density at radius 2 is 1.74 bits per heavy atom. The van der Waals surface area contributed by atoms with Crippen molar-refractivity contribution in [2.45, 2.75) is 50.9 Å². The molecule has 1 aliphatic carbocycles. The third-order valence-corrected chi connectivity index (χ3v) is 5.60. The first-order valence-electron chi connectivity index (χ1n) is 9.84. The Hall–Kier alpha value is -1.85. The maximum atomic E-state index is 12.2. The highest BCUT2D eigenvalue weighted by Gasteiger charge is 2.17. The molecule has 1 aliphatic heterocycles. The largest absolute Gasteiger partial charge is 0.385 e. The van der Waals surface area contributed by atoms with Crippen LogP contribution >= 0.6 is 11.6 Å². The van der Waals surface area contributed by atoms with Crippen LogP contribution in [0.1, 0.15) is 56.4 Å². The molecule has 27 heavy (non-hydrogen) atoms. The van der Waals surface area contributed by atoms with E-state index in [1.165, 1.54) is 55.2 Å². The molecule has 0 bridgehead atoms. The maximum absolute atomic E-state index is 12.2. The number of halogens is 1. The second-order valence-corrected chi connectivity index (χ2v) is 7.46. The molecule has 0 unspecified atom stereocenters. The minimum Gasteiger partial charge on any atom is -0.385 e. The molecule has 4 rings (SSSR count). The van der Waals surface area contributed by atoms with Crippen LogP contribution in [0.25, 0.3) is 5.69 Å². The van der Waals surface area contributed by atoms with Gasteiger partial charge in [-0.2, -0.15) is 9.78 Å². The highest BCUT2D eigenvalue weighted by Crippen LogP contribution is 2.34. The number of anilines is 1. The highest BCUT2D eigenvalue weighted by molar-refractivity contribution is 6.32. The molecular weight excluding hydrogens is 362 g/mol. The van der Waals surface area contributed by atoms with E-state index in [1.807, 2.05) is 12.1 Å². The van der Waals surface area contributed by atoms with E-state index in [0.29, 0.717) is 11.6 Å². The molecule has 1 aromatic heterocycles. The third kappa shape index (κ3) is 5.11. The van der Waals surface area contributed by atoms with Gasteiger partial charge in [0.2, 0.25) is 0 Å². The molecule has 2 heterocycles. The molecule has 5 nitrogen and oxygen atoms in total. The average molecular weight is 390 g/mol.